The van der Waals surface area contributed by atoms with Crippen molar-refractivity contribution in [3.8, 4) is 17.2 Å². The van der Waals surface area contributed by atoms with Crippen molar-refractivity contribution in [2.24, 2.45) is 0 Å². The number of methoxy groups -OCH3 is 1. The molecular weight excluding hydrogens is 556 g/mol. The quantitative estimate of drug-likeness (QED) is 0.182. The van der Waals surface area contributed by atoms with Gasteiger partial charge in [0.2, 0.25) is 0 Å². The lowest BCUT2D eigenvalue weighted by atomic mass is 9.86. The molecule has 2 heterocycles. The number of phenols is 1. The Hall–Kier alpha value is -3.68. The molecule has 4 rings (SSSR count). The molecule has 0 amide bonds. The van der Waals surface area contributed by atoms with Crippen LogP contribution in [0, 0.1) is 6.92 Å². The van der Waals surface area contributed by atoms with Crippen LogP contribution in [0.2, 0.25) is 0 Å². The smallest absolute Gasteiger partial charge is 0.184 e. The fourth-order valence-corrected chi connectivity index (χ4v) is 5.86. The zero-order valence-electron chi connectivity index (χ0n) is 26.7. The Morgan fingerprint density at radius 1 is 1.02 bits per heavy atom. The fourth-order valence-electron chi connectivity index (χ4n) is 5.86. The Morgan fingerprint density at radius 3 is 2.41 bits per heavy atom. The second kappa shape index (κ2) is 15.4. The largest absolute Gasteiger partial charge is 0.507 e. The number of carbonyl (C=O) groups is 2. The first-order valence-electron chi connectivity index (χ1n) is 15.5. The van der Waals surface area contributed by atoms with Crippen molar-refractivity contribution in [3.05, 3.63) is 87.0 Å². The molecule has 1 unspecified atom stereocenters. The van der Waals surface area contributed by atoms with Gasteiger partial charge in [-0.1, -0.05) is 35.4 Å². The summed E-state index contributed by atoms with van der Waals surface area (Å²) in [5.41, 5.74) is 7.00. The van der Waals surface area contributed by atoms with E-state index in [1.54, 1.807) is 25.3 Å². The molecule has 2 aromatic carbocycles. The maximum absolute atomic E-state index is 11.5. The fraction of sp³-hybridized carbons (Fsp3) is 0.459. The van der Waals surface area contributed by atoms with Gasteiger partial charge >= 0.3 is 0 Å². The number of ether oxygens (including phenoxy) is 4. The lowest BCUT2D eigenvalue weighted by Crippen LogP contribution is -2.36. The van der Waals surface area contributed by atoms with E-state index in [9.17, 15) is 14.7 Å². The van der Waals surface area contributed by atoms with Crippen LogP contribution in [0.3, 0.4) is 0 Å². The first-order chi connectivity index (χ1) is 21.2. The van der Waals surface area contributed by atoms with Gasteiger partial charge in [-0.05, 0) is 108 Å². The number of rotatable bonds is 13. The lowest BCUT2D eigenvalue weighted by molar-refractivity contribution is -0.161. The van der Waals surface area contributed by atoms with Gasteiger partial charge in [-0.3, -0.25) is 9.59 Å². The van der Waals surface area contributed by atoms with Crippen LogP contribution in [0.15, 0.2) is 59.2 Å². The number of carbonyl (C=O) groups excluding carboxylic acids is 2. The third-order valence-electron chi connectivity index (χ3n) is 8.62. The molecule has 0 radical (unpaired) electrons. The van der Waals surface area contributed by atoms with E-state index in [2.05, 4.69) is 39.0 Å². The number of fused-ring (bicyclic) bond motifs is 1. The highest BCUT2D eigenvalue weighted by Gasteiger charge is 2.33. The molecular formula is C37H46O7. The highest BCUT2D eigenvalue weighted by atomic mass is 16.7. The number of allylic oxidation sites excluding steroid dienone is 5. The number of aryl methyl sites for hydroxylation is 1. The number of aldehydes is 2. The maximum Gasteiger partial charge on any atom is 0.184 e. The molecule has 1 atom stereocenters. The summed E-state index contributed by atoms with van der Waals surface area (Å²) >= 11 is 0. The molecule has 2 aromatic rings. The number of hydrogen-bond acceptors (Lipinski definition) is 7. The molecule has 0 saturated carbocycles. The molecule has 0 bridgehead atoms. The highest BCUT2D eigenvalue weighted by Crippen LogP contribution is 2.42. The number of phenolic OH excluding ortho intramolecular Hbond substituents is 1. The summed E-state index contributed by atoms with van der Waals surface area (Å²) in [6.07, 6.45) is 15.3. The molecule has 44 heavy (non-hydrogen) atoms. The lowest BCUT2D eigenvalue weighted by Gasteiger charge is -2.37. The number of aromatic hydroxyl groups is 1. The van der Waals surface area contributed by atoms with Gasteiger partial charge in [0, 0.05) is 11.1 Å². The SMILES string of the molecule is COc1cc(C2OCC(=CCC/C(C)=C/CC/C(C)=C/CCC3(C)CCc4c(C=O)c(O)cc(C)c4O3)CO2)ccc1C=O. The summed E-state index contributed by atoms with van der Waals surface area (Å²) in [7, 11) is 1.54. The second-order valence-corrected chi connectivity index (χ2v) is 12.3. The second-order valence-electron chi connectivity index (χ2n) is 12.3. The normalized spacial score (nSPS) is 20.5. The van der Waals surface area contributed by atoms with Gasteiger partial charge < -0.3 is 24.1 Å². The van der Waals surface area contributed by atoms with Crippen LogP contribution in [0.4, 0.5) is 0 Å². The average Bonchev–Trinajstić information content (AvgIpc) is 3.01. The van der Waals surface area contributed by atoms with Gasteiger partial charge in [0.1, 0.15) is 22.8 Å². The third-order valence-corrected chi connectivity index (χ3v) is 8.62. The van der Waals surface area contributed by atoms with Crippen molar-refractivity contribution in [1.29, 1.82) is 0 Å². The van der Waals surface area contributed by atoms with E-state index < -0.39 is 6.29 Å². The van der Waals surface area contributed by atoms with Crippen molar-refractivity contribution in [1.82, 2.24) is 0 Å². The van der Waals surface area contributed by atoms with Gasteiger partial charge in [-0.15, -0.1) is 0 Å². The monoisotopic (exact) mass is 602 g/mol. The van der Waals surface area contributed by atoms with Crippen molar-refractivity contribution in [2.75, 3.05) is 20.3 Å². The minimum atomic E-state index is -0.467. The van der Waals surface area contributed by atoms with Crippen molar-refractivity contribution >= 4 is 12.6 Å². The first-order valence-corrected chi connectivity index (χ1v) is 15.5. The van der Waals surface area contributed by atoms with Gasteiger partial charge in [0.25, 0.3) is 0 Å². The molecule has 0 aromatic heterocycles. The topological polar surface area (TPSA) is 91.3 Å². The molecule has 1 fully saturated rings. The summed E-state index contributed by atoms with van der Waals surface area (Å²) in [6.45, 7) is 9.49. The summed E-state index contributed by atoms with van der Waals surface area (Å²) in [4.78, 5) is 22.6. The zero-order chi connectivity index (χ0) is 31.7. The van der Waals surface area contributed by atoms with Gasteiger partial charge in [-0.2, -0.15) is 0 Å². The molecule has 7 nitrogen and oxygen atoms in total. The van der Waals surface area contributed by atoms with Gasteiger partial charge in [-0.25, -0.2) is 0 Å². The molecule has 0 spiro atoms. The van der Waals surface area contributed by atoms with Crippen molar-refractivity contribution in [2.45, 2.75) is 91.0 Å². The maximum atomic E-state index is 11.5. The molecule has 2 aliphatic rings. The van der Waals surface area contributed by atoms with Crippen LogP contribution >= 0.6 is 0 Å². The Balaban J connectivity index is 1.16. The minimum absolute atomic E-state index is 0.0352. The molecule has 2 aliphatic heterocycles. The first kappa shape index (κ1) is 33.2. The van der Waals surface area contributed by atoms with E-state index in [1.807, 2.05) is 13.0 Å². The average molecular weight is 603 g/mol. The molecule has 7 heteroatoms. The van der Waals surface area contributed by atoms with Crippen LogP contribution in [-0.4, -0.2) is 43.6 Å². The van der Waals surface area contributed by atoms with Gasteiger partial charge in [0.15, 0.2) is 18.9 Å². The third kappa shape index (κ3) is 8.48. The molecule has 0 aliphatic carbocycles. The summed E-state index contributed by atoms with van der Waals surface area (Å²) < 4.78 is 23.6. The molecule has 1 N–H and O–H groups in total. The zero-order valence-corrected chi connectivity index (χ0v) is 26.7. The van der Waals surface area contributed by atoms with Crippen LogP contribution in [-0.2, 0) is 15.9 Å². The number of hydrogen-bond donors (Lipinski definition) is 1. The van der Waals surface area contributed by atoms with Crippen molar-refractivity contribution < 1.29 is 33.6 Å². The predicted octanol–water partition coefficient (Wildman–Crippen LogP) is 8.32. The summed E-state index contributed by atoms with van der Waals surface area (Å²) in [5.74, 6) is 1.31. The Kier molecular flexibility index (Phi) is 11.6. The van der Waals surface area contributed by atoms with Crippen LogP contribution in [0.5, 0.6) is 17.2 Å². The van der Waals surface area contributed by atoms with E-state index in [1.165, 1.54) is 11.1 Å². The highest BCUT2D eigenvalue weighted by molar-refractivity contribution is 5.84. The standard InChI is InChI=1S/C37H46O7/c1-25(11-7-13-28-23-42-36(43-24-28)29-14-15-30(21-38)34(20-29)41-5)9-6-10-26(2)12-8-17-37(4)18-16-31-32(22-39)33(40)19-27(3)35(31)44-37/h9,12-15,19-22,36,40H,6-8,10-11,16-18,23-24H2,1-5H3/b25-9+,26-12+,28-13?. The van der Waals surface area contributed by atoms with Crippen LogP contribution < -0.4 is 9.47 Å². The van der Waals surface area contributed by atoms with Crippen molar-refractivity contribution in [3.63, 3.8) is 0 Å². The Labute approximate surface area is 261 Å². The summed E-state index contributed by atoms with van der Waals surface area (Å²) in [6, 6.07) is 6.97. The van der Waals surface area contributed by atoms with Gasteiger partial charge in [0.05, 0.1) is 31.5 Å². The Morgan fingerprint density at radius 2 is 1.73 bits per heavy atom. The predicted molar refractivity (Wildman–Crippen MR) is 172 cm³/mol. The Bertz CT molecular complexity index is 1420. The van der Waals surface area contributed by atoms with E-state index in [-0.39, 0.29) is 11.4 Å². The van der Waals surface area contributed by atoms with E-state index in [0.29, 0.717) is 30.1 Å². The summed E-state index contributed by atoms with van der Waals surface area (Å²) in [5, 5.41) is 10.1. The van der Waals surface area contributed by atoms with Crippen LogP contribution in [0.25, 0.3) is 0 Å². The molecule has 1 saturated heterocycles. The minimum Gasteiger partial charge on any atom is -0.507 e. The molecule has 236 valence electrons. The van der Waals surface area contributed by atoms with E-state index in [0.717, 1.165) is 92.0 Å². The van der Waals surface area contributed by atoms with Crippen LogP contribution in [0.1, 0.15) is 109 Å². The van der Waals surface area contributed by atoms with E-state index >= 15 is 0 Å². The number of benzene rings is 2. The van der Waals surface area contributed by atoms with E-state index in [4.69, 9.17) is 18.9 Å².